The van der Waals surface area contributed by atoms with Crippen LogP contribution in [0.2, 0.25) is 0 Å². The average Bonchev–Trinajstić information content (AvgIpc) is 3.35. The van der Waals surface area contributed by atoms with E-state index in [0.29, 0.717) is 37.7 Å². The molecule has 8 nitrogen and oxygen atoms in total. The van der Waals surface area contributed by atoms with E-state index in [2.05, 4.69) is 4.90 Å². The van der Waals surface area contributed by atoms with Crippen LogP contribution in [0.3, 0.4) is 0 Å². The standard InChI is InChI=1S/C18H18N4O4S2/c1-2-26-12-3-4-13-15(11-12)28-18(19-13)21-9-7-20(8-10-21)17(23)14-5-6-16(27-14)22(24)25/h3-6,11H,2,7-10H2,1H3. The smallest absolute Gasteiger partial charge is 0.324 e. The SMILES string of the molecule is CCOc1ccc2nc(N3CCN(C(=O)c4ccc([N+](=O)[O-])s4)CC3)sc2c1. The number of thiazole rings is 1. The van der Waals surface area contributed by atoms with Gasteiger partial charge in [-0.05, 0) is 31.2 Å². The number of thiophene rings is 1. The first-order chi connectivity index (χ1) is 13.5. The summed E-state index contributed by atoms with van der Waals surface area (Å²) in [5.74, 6) is 0.689. The molecule has 0 aliphatic carbocycles. The van der Waals surface area contributed by atoms with Gasteiger partial charge in [0.25, 0.3) is 5.91 Å². The summed E-state index contributed by atoms with van der Waals surface area (Å²) in [7, 11) is 0. The number of piperazine rings is 1. The molecule has 0 radical (unpaired) electrons. The largest absolute Gasteiger partial charge is 0.494 e. The topological polar surface area (TPSA) is 88.8 Å². The summed E-state index contributed by atoms with van der Waals surface area (Å²) >= 11 is 2.54. The van der Waals surface area contributed by atoms with Crippen molar-refractivity contribution in [1.82, 2.24) is 9.88 Å². The van der Waals surface area contributed by atoms with Gasteiger partial charge in [-0.3, -0.25) is 14.9 Å². The van der Waals surface area contributed by atoms with Crippen molar-refractivity contribution in [3.8, 4) is 5.75 Å². The second-order valence-electron chi connectivity index (χ2n) is 6.23. The lowest BCUT2D eigenvalue weighted by Crippen LogP contribution is -2.48. The third kappa shape index (κ3) is 3.65. The van der Waals surface area contributed by atoms with Gasteiger partial charge in [-0.15, -0.1) is 0 Å². The molecular formula is C18H18N4O4S2. The second-order valence-corrected chi connectivity index (χ2v) is 8.30. The van der Waals surface area contributed by atoms with Gasteiger partial charge in [0.2, 0.25) is 0 Å². The minimum absolute atomic E-state index is 0.0112. The Morgan fingerprint density at radius 3 is 2.68 bits per heavy atom. The number of aromatic nitrogens is 1. The Hall–Kier alpha value is -2.72. The molecule has 1 fully saturated rings. The van der Waals surface area contributed by atoms with Crippen molar-refractivity contribution in [2.24, 2.45) is 0 Å². The summed E-state index contributed by atoms with van der Waals surface area (Å²) in [4.78, 5) is 32.0. The van der Waals surface area contributed by atoms with Gasteiger partial charge in [0.1, 0.15) is 5.75 Å². The number of nitrogens with zero attached hydrogens (tertiary/aromatic N) is 4. The Morgan fingerprint density at radius 2 is 2.00 bits per heavy atom. The Labute approximate surface area is 169 Å². The maximum atomic E-state index is 12.6. The highest BCUT2D eigenvalue weighted by molar-refractivity contribution is 7.22. The van der Waals surface area contributed by atoms with Crippen LogP contribution < -0.4 is 9.64 Å². The zero-order valence-electron chi connectivity index (χ0n) is 15.2. The number of benzene rings is 1. The molecule has 1 aromatic carbocycles. The van der Waals surface area contributed by atoms with E-state index in [9.17, 15) is 14.9 Å². The van der Waals surface area contributed by atoms with Crippen molar-refractivity contribution in [1.29, 1.82) is 0 Å². The van der Waals surface area contributed by atoms with E-state index in [4.69, 9.17) is 9.72 Å². The Morgan fingerprint density at radius 1 is 1.21 bits per heavy atom. The molecule has 10 heteroatoms. The van der Waals surface area contributed by atoms with Crippen LogP contribution >= 0.6 is 22.7 Å². The van der Waals surface area contributed by atoms with Gasteiger partial charge in [0.15, 0.2) is 5.13 Å². The van der Waals surface area contributed by atoms with E-state index >= 15 is 0 Å². The first-order valence-corrected chi connectivity index (χ1v) is 10.5. The highest BCUT2D eigenvalue weighted by Gasteiger charge is 2.26. The number of carbonyl (C=O) groups excluding carboxylic acids is 1. The monoisotopic (exact) mass is 418 g/mol. The number of nitro groups is 1. The van der Waals surface area contributed by atoms with Gasteiger partial charge in [-0.25, -0.2) is 4.98 Å². The van der Waals surface area contributed by atoms with Crippen LogP contribution in [0.15, 0.2) is 30.3 Å². The van der Waals surface area contributed by atoms with Crippen molar-refractivity contribution in [3.05, 3.63) is 45.3 Å². The first-order valence-electron chi connectivity index (χ1n) is 8.87. The number of hydrogen-bond donors (Lipinski definition) is 0. The van der Waals surface area contributed by atoms with E-state index in [1.807, 2.05) is 25.1 Å². The average molecular weight is 419 g/mol. The molecule has 2 aromatic heterocycles. The zero-order valence-corrected chi connectivity index (χ0v) is 16.8. The molecular weight excluding hydrogens is 400 g/mol. The quantitative estimate of drug-likeness (QED) is 0.464. The predicted octanol–water partition coefficient (Wildman–Crippen LogP) is 3.63. The molecule has 3 heterocycles. The third-order valence-corrected chi connectivity index (χ3v) is 6.58. The maximum Gasteiger partial charge on any atom is 0.324 e. The molecule has 146 valence electrons. The highest BCUT2D eigenvalue weighted by Crippen LogP contribution is 2.32. The van der Waals surface area contributed by atoms with Crippen molar-refractivity contribution in [2.45, 2.75) is 6.92 Å². The number of amides is 1. The Balaban J connectivity index is 1.42. The molecule has 1 aliphatic rings. The summed E-state index contributed by atoms with van der Waals surface area (Å²) in [6.07, 6.45) is 0. The number of hydrogen-bond acceptors (Lipinski definition) is 8. The molecule has 4 rings (SSSR count). The lowest BCUT2D eigenvalue weighted by molar-refractivity contribution is -0.380. The van der Waals surface area contributed by atoms with Gasteiger partial charge in [-0.1, -0.05) is 22.7 Å². The fourth-order valence-electron chi connectivity index (χ4n) is 3.08. The van der Waals surface area contributed by atoms with Crippen molar-refractivity contribution >= 4 is 48.9 Å². The number of anilines is 1. The molecule has 0 spiro atoms. The molecule has 0 bridgehead atoms. The van der Waals surface area contributed by atoms with Crippen LogP contribution in [-0.4, -0.2) is 53.5 Å². The van der Waals surface area contributed by atoms with E-state index in [1.165, 1.54) is 12.1 Å². The molecule has 0 unspecified atom stereocenters. The number of rotatable bonds is 5. The van der Waals surface area contributed by atoms with Crippen LogP contribution in [0.25, 0.3) is 10.2 Å². The fourth-order valence-corrected chi connectivity index (χ4v) is 4.92. The fraction of sp³-hybridized carbons (Fsp3) is 0.333. The predicted molar refractivity (Wildman–Crippen MR) is 110 cm³/mol. The minimum atomic E-state index is -0.469. The maximum absolute atomic E-state index is 12.6. The lowest BCUT2D eigenvalue weighted by atomic mass is 10.3. The number of ether oxygens (including phenoxy) is 1. The second kappa shape index (κ2) is 7.72. The van der Waals surface area contributed by atoms with Gasteiger partial charge in [0.05, 0.1) is 26.6 Å². The van der Waals surface area contributed by atoms with Crippen molar-refractivity contribution in [2.75, 3.05) is 37.7 Å². The van der Waals surface area contributed by atoms with Crippen LogP contribution in [0, 0.1) is 10.1 Å². The summed E-state index contributed by atoms with van der Waals surface area (Å²) in [5, 5.41) is 11.7. The molecule has 28 heavy (non-hydrogen) atoms. The van der Waals surface area contributed by atoms with E-state index in [1.54, 1.807) is 16.2 Å². The Bertz CT molecular complexity index is 1020. The van der Waals surface area contributed by atoms with Gasteiger partial charge < -0.3 is 14.5 Å². The highest BCUT2D eigenvalue weighted by atomic mass is 32.1. The molecule has 0 N–H and O–H groups in total. The van der Waals surface area contributed by atoms with Gasteiger partial charge in [0, 0.05) is 32.2 Å². The zero-order chi connectivity index (χ0) is 19.7. The Kier molecular flexibility index (Phi) is 5.14. The molecule has 0 atom stereocenters. The molecule has 0 saturated carbocycles. The normalized spacial score (nSPS) is 14.5. The molecule has 1 aliphatic heterocycles. The van der Waals surface area contributed by atoms with Crippen LogP contribution in [0.1, 0.15) is 16.6 Å². The molecule has 1 amide bonds. The van der Waals surface area contributed by atoms with E-state index in [0.717, 1.165) is 32.4 Å². The van der Waals surface area contributed by atoms with E-state index < -0.39 is 4.92 Å². The summed E-state index contributed by atoms with van der Waals surface area (Å²) in [5.41, 5.74) is 0.938. The van der Waals surface area contributed by atoms with Gasteiger partial charge in [-0.2, -0.15) is 0 Å². The van der Waals surface area contributed by atoms with Crippen LogP contribution in [-0.2, 0) is 0 Å². The lowest BCUT2D eigenvalue weighted by Gasteiger charge is -2.34. The summed E-state index contributed by atoms with van der Waals surface area (Å²) < 4.78 is 6.62. The van der Waals surface area contributed by atoms with E-state index in [-0.39, 0.29) is 10.9 Å². The minimum Gasteiger partial charge on any atom is -0.494 e. The summed E-state index contributed by atoms with van der Waals surface area (Å²) in [6, 6.07) is 8.80. The summed E-state index contributed by atoms with van der Waals surface area (Å²) in [6.45, 7) is 5.06. The van der Waals surface area contributed by atoms with Crippen molar-refractivity contribution < 1.29 is 14.5 Å². The number of carbonyl (C=O) groups is 1. The third-order valence-electron chi connectivity index (χ3n) is 4.48. The van der Waals surface area contributed by atoms with Crippen LogP contribution in [0.4, 0.5) is 10.1 Å². The first kappa shape index (κ1) is 18.6. The molecule has 1 saturated heterocycles. The van der Waals surface area contributed by atoms with Crippen LogP contribution in [0.5, 0.6) is 5.75 Å². The molecule has 3 aromatic rings. The van der Waals surface area contributed by atoms with Crippen molar-refractivity contribution in [3.63, 3.8) is 0 Å². The van der Waals surface area contributed by atoms with Gasteiger partial charge >= 0.3 is 5.00 Å². The number of fused-ring (bicyclic) bond motifs is 1.